The van der Waals surface area contributed by atoms with E-state index < -0.39 is 31.6 Å². The summed E-state index contributed by atoms with van der Waals surface area (Å²) in [6, 6.07) is 22.3. The van der Waals surface area contributed by atoms with E-state index in [1.54, 1.807) is 41.0 Å². The van der Waals surface area contributed by atoms with Crippen LogP contribution < -0.4 is 15.0 Å². The molecule has 7 rings (SSSR count). The van der Waals surface area contributed by atoms with Crippen LogP contribution in [0.3, 0.4) is 0 Å². The van der Waals surface area contributed by atoms with E-state index in [0.29, 0.717) is 47.0 Å². The highest BCUT2D eigenvalue weighted by atomic mass is 28.4. The Morgan fingerprint density at radius 3 is 2.63 bits per heavy atom. The maximum absolute atomic E-state index is 16.2. The summed E-state index contributed by atoms with van der Waals surface area (Å²) in [5.74, 6) is -0.766. The van der Waals surface area contributed by atoms with Crippen LogP contribution in [-0.2, 0) is 26.5 Å². The predicted molar refractivity (Wildman–Crippen MR) is 172 cm³/mol. The second kappa shape index (κ2) is 11.4. The first kappa shape index (κ1) is 30.3. The lowest BCUT2D eigenvalue weighted by Gasteiger charge is -2.32. The molecule has 46 heavy (non-hydrogen) atoms. The molecule has 1 saturated heterocycles. The van der Waals surface area contributed by atoms with E-state index in [9.17, 15) is 14.7 Å². The van der Waals surface area contributed by atoms with Gasteiger partial charge in [-0.25, -0.2) is 0 Å². The molecule has 0 bridgehead atoms. The van der Waals surface area contributed by atoms with Crippen LogP contribution in [0, 0.1) is 5.92 Å². The number of aliphatic hydroxyl groups is 1. The number of fused-ring (bicyclic) bond motifs is 3. The number of aromatic nitrogens is 3. The second-order valence-corrected chi connectivity index (χ2v) is 16.6. The molecule has 1 fully saturated rings. The average molecular weight is 642 g/mol. The summed E-state index contributed by atoms with van der Waals surface area (Å²) in [6.45, 7) is 5.39. The van der Waals surface area contributed by atoms with Gasteiger partial charge >= 0.3 is 0 Å². The van der Waals surface area contributed by atoms with Gasteiger partial charge in [-0.1, -0.05) is 54.6 Å². The molecule has 0 aliphatic carbocycles. The summed E-state index contributed by atoms with van der Waals surface area (Å²) in [5, 5.41) is 21.7. The van der Waals surface area contributed by atoms with Crippen molar-refractivity contribution in [1.82, 2.24) is 15.0 Å². The minimum atomic E-state index is -3.36. The van der Waals surface area contributed by atoms with Crippen LogP contribution >= 0.6 is 0 Å². The molecule has 4 heterocycles. The number of rotatable bonds is 8. The number of carbonyl (C=O) groups excluding carboxylic acids is 2. The maximum Gasteiger partial charge on any atom is 0.269 e. The molecule has 1 spiro atoms. The van der Waals surface area contributed by atoms with E-state index in [1.807, 2.05) is 67.6 Å². The van der Waals surface area contributed by atoms with E-state index in [1.165, 1.54) is 0 Å². The van der Waals surface area contributed by atoms with Crippen molar-refractivity contribution < 1.29 is 28.3 Å². The number of halogens is 1. The smallest absolute Gasteiger partial charge is 0.269 e. The van der Waals surface area contributed by atoms with Gasteiger partial charge in [0.1, 0.15) is 5.75 Å². The number of amides is 2. The molecular weight excluding hydrogens is 605 g/mol. The highest BCUT2D eigenvalue weighted by molar-refractivity contribution is 6.72. The summed E-state index contributed by atoms with van der Waals surface area (Å²) in [4.78, 5) is 28.6. The van der Waals surface area contributed by atoms with Gasteiger partial charge in [0.15, 0.2) is 12.2 Å². The van der Waals surface area contributed by atoms with E-state index in [-0.39, 0.29) is 30.9 Å². The highest BCUT2D eigenvalue weighted by Gasteiger charge is 2.65. The summed E-state index contributed by atoms with van der Waals surface area (Å²) < 4.78 is 30.3. The summed E-state index contributed by atoms with van der Waals surface area (Å²) in [5.41, 5.74) is 2.04. The number of nitrogens with zero attached hydrogens (tertiary/aromatic N) is 4. The Kier molecular flexibility index (Phi) is 7.53. The Bertz CT molecular complexity index is 1800. The molecule has 3 aliphatic rings. The fourth-order valence-corrected chi connectivity index (χ4v) is 10.1. The van der Waals surface area contributed by atoms with Gasteiger partial charge in [0.05, 0.1) is 30.0 Å². The van der Waals surface area contributed by atoms with Gasteiger partial charge in [-0.05, 0) is 55.4 Å². The van der Waals surface area contributed by atoms with Gasteiger partial charge < -0.3 is 24.0 Å². The van der Waals surface area contributed by atoms with Crippen LogP contribution in [0.2, 0.25) is 18.6 Å². The fraction of sp³-hybridized carbons (Fsp3) is 0.353. The minimum absolute atomic E-state index is 0.108. The first-order chi connectivity index (χ1) is 22.1. The Labute approximate surface area is 267 Å². The third kappa shape index (κ3) is 4.91. The molecule has 2 N–H and O–H groups in total. The van der Waals surface area contributed by atoms with E-state index in [0.717, 1.165) is 5.56 Å². The molecule has 5 atom stereocenters. The number of hydrogen-bond donors (Lipinski definition) is 2. The van der Waals surface area contributed by atoms with Gasteiger partial charge in [0, 0.05) is 41.1 Å². The Morgan fingerprint density at radius 2 is 1.87 bits per heavy atom. The van der Waals surface area contributed by atoms with Crippen LogP contribution in [0.15, 0.2) is 79.0 Å². The molecule has 1 aromatic heterocycles. The van der Waals surface area contributed by atoms with Crippen molar-refractivity contribution in [1.29, 1.82) is 0 Å². The van der Waals surface area contributed by atoms with Gasteiger partial charge in [-0.3, -0.25) is 19.2 Å². The van der Waals surface area contributed by atoms with Crippen molar-refractivity contribution in [3.63, 3.8) is 0 Å². The summed E-state index contributed by atoms with van der Waals surface area (Å²) in [6.07, 6.45) is 1.64. The average Bonchev–Trinajstić information content (AvgIpc) is 3.71. The van der Waals surface area contributed by atoms with Crippen LogP contribution in [0.1, 0.15) is 36.1 Å². The van der Waals surface area contributed by atoms with E-state index in [2.05, 4.69) is 15.6 Å². The first-order valence-electron chi connectivity index (χ1n) is 15.5. The zero-order valence-electron chi connectivity index (χ0n) is 25.9. The molecule has 10 nitrogen and oxygen atoms in total. The maximum atomic E-state index is 16.2. The number of aliphatic hydroxyl groups excluding tert-OH is 1. The van der Waals surface area contributed by atoms with Gasteiger partial charge in [-0.15, -0.1) is 5.10 Å². The third-order valence-corrected chi connectivity index (χ3v) is 12.1. The zero-order chi connectivity index (χ0) is 32.2. The Hall–Kier alpha value is -4.39. The number of anilines is 3. The molecule has 0 saturated carbocycles. The molecule has 2 amide bonds. The van der Waals surface area contributed by atoms with Gasteiger partial charge in [0.25, 0.3) is 11.8 Å². The second-order valence-electron chi connectivity index (χ2n) is 12.8. The van der Waals surface area contributed by atoms with E-state index in [4.69, 9.17) is 9.47 Å². The fourth-order valence-electron chi connectivity index (χ4n) is 7.55. The lowest BCUT2D eigenvalue weighted by molar-refractivity contribution is -0.143. The molecule has 4 aromatic rings. The number of carbonyl (C=O) groups is 2. The normalized spacial score (nSPS) is 24.5. The lowest BCUT2D eigenvalue weighted by atomic mass is 9.82. The number of para-hydroxylation sites is 2. The molecule has 1 unspecified atom stereocenters. The summed E-state index contributed by atoms with van der Waals surface area (Å²) >= 11 is 0. The Morgan fingerprint density at radius 1 is 1.11 bits per heavy atom. The monoisotopic (exact) mass is 641 g/mol. The SMILES string of the molecule is C[C@H]1[C@H]([Si](C)(C)F)[C@@H](CCn2cc(C(CO)c3ccccc3)nn2)O[C@]12C(=O)Nc1ccc(N3C(=O)COc4ccccc43)cc12. The first-order valence-corrected chi connectivity index (χ1v) is 18.5. The third-order valence-electron chi connectivity index (χ3n) is 9.60. The quantitative estimate of drug-likeness (QED) is 0.199. The van der Waals surface area contributed by atoms with Crippen molar-refractivity contribution in [2.45, 2.75) is 56.1 Å². The molecule has 3 aromatic carbocycles. The van der Waals surface area contributed by atoms with E-state index >= 15 is 4.11 Å². The van der Waals surface area contributed by atoms with Crippen molar-refractivity contribution >= 4 is 37.3 Å². The van der Waals surface area contributed by atoms with Crippen LogP contribution in [0.5, 0.6) is 5.75 Å². The highest BCUT2D eigenvalue weighted by Crippen LogP contribution is 2.59. The Balaban J connectivity index is 1.19. The van der Waals surface area contributed by atoms with Crippen LogP contribution in [-0.4, -0.2) is 59.6 Å². The number of aryl methyl sites for hydroxylation is 1. The minimum Gasteiger partial charge on any atom is -0.482 e. The zero-order valence-corrected chi connectivity index (χ0v) is 26.9. The molecule has 12 heteroatoms. The molecule has 238 valence electrons. The standard InChI is InChI=1S/C34H36FN5O5Si/c1-21-32(46(2,3)35)30(15-16-39-18-27(37-38-39)24(19-41)22-9-5-4-6-10-22)45-34(21)25-17-23(13-14-26(25)36-33(34)43)40-28-11-7-8-12-29(28)44-20-31(40)42/h4-14,17-18,21,24,30,32,41H,15-16,19-20H2,1-3H3,(H,36,43)/t21-,24?,30+,32-,34+/m0/s1. The number of nitrogens with one attached hydrogen (secondary N) is 1. The predicted octanol–water partition coefficient (Wildman–Crippen LogP) is 5.28. The van der Waals surface area contributed by atoms with Crippen molar-refractivity contribution in [2.24, 2.45) is 5.92 Å². The number of ether oxygens (including phenoxy) is 2. The van der Waals surface area contributed by atoms with Crippen molar-refractivity contribution in [3.8, 4) is 5.75 Å². The lowest BCUT2D eigenvalue weighted by Crippen LogP contribution is -2.42. The van der Waals surface area contributed by atoms with Crippen molar-refractivity contribution in [2.75, 3.05) is 23.4 Å². The largest absolute Gasteiger partial charge is 0.482 e. The van der Waals surface area contributed by atoms with Crippen LogP contribution in [0.25, 0.3) is 0 Å². The van der Waals surface area contributed by atoms with Crippen LogP contribution in [0.4, 0.5) is 21.2 Å². The molecular formula is C34H36FN5O5Si. The van der Waals surface area contributed by atoms with Crippen molar-refractivity contribution in [3.05, 3.63) is 95.8 Å². The summed E-state index contributed by atoms with van der Waals surface area (Å²) in [7, 11) is -3.36. The molecule has 0 radical (unpaired) electrons. The molecule has 3 aliphatic heterocycles. The topological polar surface area (TPSA) is 119 Å². The number of benzene rings is 3. The number of hydrogen-bond acceptors (Lipinski definition) is 7. The van der Waals surface area contributed by atoms with Gasteiger partial charge in [-0.2, -0.15) is 0 Å². The van der Waals surface area contributed by atoms with Gasteiger partial charge in [0.2, 0.25) is 8.41 Å².